The van der Waals surface area contributed by atoms with Crippen LogP contribution in [0.3, 0.4) is 0 Å². The van der Waals surface area contributed by atoms with Gasteiger partial charge in [-0.15, -0.1) is 0 Å². The van der Waals surface area contributed by atoms with E-state index in [-0.39, 0.29) is 16.2 Å². The summed E-state index contributed by atoms with van der Waals surface area (Å²) >= 11 is 0. The van der Waals surface area contributed by atoms with Crippen LogP contribution in [0, 0.1) is 13.8 Å². The SMILES string of the molecule is Cc1cccc2c(-c3ccc4c(c3)C(C)(C)c3cc(-c5ccc6c(c5)C(C)(C)c5cc(-c7c8ccccc8c(-c8c9ccccc9c(-c9ccc%10c(c9)C(C)(C)c9ccccc9-%10)c9c(C)cccc89)c8ccccc78)ccc5-6)ccc3-4)c3ccccc3c(-c3ccc(C(C)C)cc3)c12. The molecule has 0 spiro atoms. The first-order chi connectivity index (χ1) is 47.6. The van der Waals surface area contributed by atoms with E-state index in [1.54, 1.807) is 0 Å². The smallest absolute Gasteiger partial charge is 0.0159 e. The fourth-order valence-electron chi connectivity index (χ4n) is 18.7. The minimum Gasteiger partial charge on any atom is -0.0619 e. The van der Waals surface area contributed by atoms with Gasteiger partial charge in [0.1, 0.15) is 0 Å². The van der Waals surface area contributed by atoms with Crippen molar-refractivity contribution in [2.75, 3.05) is 0 Å². The summed E-state index contributed by atoms with van der Waals surface area (Å²) in [5.41, 5.74) is 35.0. The summed E-state index contributed by atoms with van der Waals surface area (Å²) in [7, 11) is 0. The van der Waals surface area contributed by atoms with Crippen LogP contribution in [0.25, 0.3) is 165 Å². The maximum absolute atomic E-state index is 2.54. The van der Waals surface area contributed by atoms with Crippen molar-refractivity contribution in [1.29, 1.82) is 0 Å². The summed E-state index contributed by atoms with van der Waals surface area (Å²) in [5, 5.41) is 15.4. The first kappa shape index (κ1) is 58.4. The van der Waals surface area contributed by atoms with E-state index in [9.17, 15) is 0 Å². The maximum atomic E-state index is 2.54. The zero-order valence-electron chi connectivity index (χ0n) is 57.6. The van der Waals surface area contributed by atoms with Gasteiger partial charge in [-0.2, -0.15) is 0 Å². The van der Waals surface area contributed by atoms with Crippen LogP contribution >= 0.6 is 0 Å². The molecule has 16 aromatic carbocycles. The van der Waals surface area contributed by atoms with Gasteiger partial charge in [0.15, 0.2) is 0 Å². The highest BCUT2D eigenvalue weighted by Gasteiger charge is 2.40. The normalized spacial score (nSPS) is 14.4. The van der Waals surface area contributed by atoms with E-state index >= 15 is 0 Å². The van der Waals surface area contributed by atoms with E-state index in [1.807, 2.05) is 0 Å². The molecule has 3 aliphatic carbocycles. The first-order valence-electron chi connectivity index (χ1n) is 35.3. The summed E-state index contributed by atoms with van der Waals surface area (Å²) in [6, 6.07) is 106. The van der Waals surface area contributed by atoms with Crippen molar-refractivity contribution in [3.8, 4) is 100 Å². The predicted octanol–water partition coefficient (Wildman–Crippen LogP) is 27.3. The Labute approximate surface area is 575 Å². The van der Waals surface area contributed by atoms with E-state index in [4.69, 9.17) is 0 Å². The van der Waals surface area contributed by atoms with Gasteiger partial charge in [-0.3, -0.25) is 0 Å². The highest BCUT2D eigenvalue weighted by Crippen LogP contribution is 2.58. The second-order valence-corrected chi connectivity index (χ2v) is 30.4. The molecule has 0 saturated heterocycles. The first-order valence-corrected chi connectivity index (χ1v) is 35.3. The number of hydrogen-bond acceptors (Lipinski definition) is 0. The number of benzene rings is 16. The summed E-state index contributed by atoms with van der Waals surface area (Å²) in [6.07, 6.45) is 0. The molecule has 0 bridgehead atoms. The Morgan fingerprint density at radius 2 is 0.480 bits per heavy atom. The molecule has 0 nitrogen and oxygen atoms in total. The molecule has 468 valence electrons. The highest BCUT2D eigenvalue weighted by molar-refractivity contribution is 6.31. The number of rotatable bonds is 7. The fourth-order valence-corrected chi connectivity index (χ4v) is 18.7. The van der Waals surface area contributed by atoms with Crippen molar-refractivity contribution in [2.45, 2.75) is 91.4 Å². The zero-order chi connectivity index (χ0) is 66.4. The Hall–Kier alpha value is -10.9. The average molecular weight is 1250 g/mol. The van der Waals surface area contributed by atoms with E-state index in [0.29, 0.717) is 5.92 Å². The van der Waals surface area contributed by atoms with Gasteiger partial charge in [0, 0.05) is 16.2 Å². The van der Waals surface area contributed by atoms with E-state index in [0.717, 1.165) is 0 Å². The number of aryl methyl sites for hydroxylation is 2. The van der Waals surface area contributed by atoms with Gasteiger partial charge in [-0.05, 0) is 265 Å². The van der Waals surface area contributed by atoms with Crippen molar-refractivity contribution in [1.82, 2.24) is 0 Å². The largest absolute Gasteiger partial charge is 0.0619 e. The minimum absolute atomic E-state index is 0.113. The Morgan fingerprint density at radius 3 is 0.888 bits per heavy atom. The predicted molar refractivity (Wildman–Crippen MR) is 420 cm³/mol. The number of fused-ring (bicyclic) bond motifs is 15. The summed E-state index contributed by atoms with van der Waals surface area (Å²) in [4.78, 5) is 0. The molecular formula is C98H76. The van der Waals surface area contributed by atoms with Crippen LogP contribution in [0.1, 0.15) is 111 Å². The Kier molecular flexibility index (Phi) is 12.5. The minimum atomic E-state index is -0.260. The lowest BCUT2D eigenvalue weighted by atomic mass is 9.78. The summed E-state index contributed by atoms with van der Waals surface area (Å²) < 4.78 is 0. The second-order valence-electron chi connectivity index (χ2n) is 30.4. The van der Waals surface area contributed by atoms with Crippen molar-refractivity contribution >= 4 is 64.6 Å². The van der Waals surface area contributed by atoms with Crippen LogP contribution in [0.4, 0.5) is 0 Å². The molecule has 16 aromatic rings. The molecule has 0 saturated carbocycles. The third kappa shape index (κ3) is 8.18. The van der Waals surface area contributed by atoms with Gasteiger partial charge in [0.25, 0.3) is 0 Å². The van der Waals surface area contributed by atoms with Crippen LogP contribution in [-0.2, 0) is 16.2 Å². The van der Waals surface area contributed by atoms with Crippen LogP contribution in [0.15, 0.2) is 273 Å². The van der Waals surface area contributed by atoms with Crippen molar-refractivity contribution in [2.24, 2.45) is 0 Å². The molecule has 0 N–H and O–H groups in total. The van der Waals surface area contributed by atoms with Gasteiger partial charge in [-0.1, -0.05) is 298 Å². The fraction of sp³-hybridized carbons (Fsp3) is 0.143. The lowest BCUT2D eigenvalue weighted by Crippen LogP contribution is -2.15. The van der Waals surface area contributed by atoms with Crippen molar-refractivity contribution in [3.05, 3.63) is 323 Å². The van der Waals surface area contributed by atoms with Crippen molar-refractivity contribution < 1.29 is 0 Å². The van der Waals surface area contributed by atoms with E-state index in [1.165, 1.54) is 215 Å². The third-order valence-corrected chi connectivity index (χ3v) is 23.7. The molecule has 98 heavy (non-hydrogen) atoms. The number of hydrogen-bond donors (Lipinski definition) is 0. The van der Waals surface area contributed by atoms with Gasteiger partial charge in [0.05, 0.1) is 0 Å². The molecule has 0 atom stereocenters. The van der Waals surface area contributed by atoms with E-state index < -0.39 is 0 Å². The molecule has 0 heterocycles. The lowest BCUT2D eigenvalue weighted by Gasteiger charge is -2.25. The van der Waals surface area contributed by atoms with Gasteiger partial charge >= 0.3 is 0 Å². The molecule has 0 amide bonds. The molecule has 0 heteroatoms. The molecule has 0 radical (unpaired) electrons. The average Bonchev–Trinajstić information content (AvgIpc) is 0.932. The summed E-state index contributed by atoms with van der Waals surface area (Å²) in [6.45, 7) is 23.7. The maximum Gasteiger partial charge on any atom is 0.0159 e. The molecule has 0 unspecified atom stereocenters. The Balaban J connectivity index is 0.693. The molecular weight excluding hydrogens is 1180 g/mol. The molecule has 0 aromatic heterocycles. The van der Waals surface area contributed by atoms with E-state index in [2.05, 4.69) is 342 Å². The molecule has 19 rings (SSSR count). The van der Waals surface area contributed by atoms with Gasteiger partial charge in [-0.25, -0.2) is 0 Å². The Bertz CT molecular complexity index is 6120. The summed E-state index contributed by atoms with van der Waals surface area (Å²) in [5.74, 6) is 0.479. The third-order valence-electron chi connectivity index (χ3n) is 23.7. The highest BCUT2D eigenvalue weighted by atomic mass is 14.4. The zero-order valence-corrected chi connectivity index (χ0v) is 57.6. The van der Waals surface area contributed by atoms with Crippen LogP contribution < -0.4 is 0 Å². The van der Waals surface area contributed by atoms with Crippen LogP contribution in [0.5, 0.6) is 0 Å². The second kappa shape index (κ2) is 21.0. The monoisotopic (exact) mass is 1250 g/mol. The topological polar surface area (TPSA) is 0 Å². The van der Waals surface area contributed by atoms with Gasteiger partial charge in [0.2, 0.25) is 0 Å². The molecule has 3 aliphatic rings. The Morgan fingerprint density at radius 1 is 0.214 bits per heavy atom. The quantitative estimate of drug-likeness (QED) is 0.140. The van der Waals surface area contributed by atoms with Crippen LogP contribution in [0.2, 0.25) is 0 Å². The van der Waals surface area contributed by atoms with Crippen molar-refractivity contribution in [3.63, 3.8) is 0 Å². The lowest BCUT2D eigenvalue weighted by molar-refractivity contribution is 0.660. The van der Waals surface area contributed by atoms with Gasteiger partial charge < -0.3 is 0 Å². The molecule has 0 aliphatic heterocycles. The molecule has 0 fully saturated rings. The van der Waals surface area contributed by atoms with Crippen LogP contribution in [-0.4, -0.2) is 0 Å². The standard InChI is InChI=1S/C98H76/c1-56(2)59-37-39-60(40-38-59)92-75-29-14-11-26-72(75)91(80-34-21-23-57(3)88(80)92)64-44-49-71-69-47-42-62(52-84(69)98(9,10)87(71)54-64)61-41-46-68-70-48-43-63(53-86(70)97(7,8)83(68)51-61)90-73-27-12-16-31-77(73)94(78-32-17-13-28-74(78)90)95-79-33-18-15-30-76(79)93(89-58(4)24-22-35-81(89)95)65-45-50-67-66-25-19-20-36-82(66)96(5,6)85(67)55-65/h11-56H,1-10H3.